The molecule has 1 unspecified atom stereocenters. The molecule has 0 spiro atoms. The molecule has 0 aromatic heterocycles. The first kappa shape index (κ1) is 14.4. The molecule has 1 saturated heterocycles. The Bertz CT molecular complexity index is 496. The van der Waals surface area contributed by atoms with Gasteiger partial charge in [0.15, 0.2) is 0 Å². The fourth-order valence-electron chi connectivity index (χ4n) is 3.00. The lowest BCUT2D eigenvalue weighted by atomic mass is 10.1. The van der Waals surface area contributed by atoms with Crippen molar-refractivity contribution in [2.45, 2.75) is 19.3 Å². The number of carbonyl (C=O) groups is 1. The van der Waals surface area contributed by atoms with Crippen molar-refractivity contribution in [3.63, 3.8) is 0 Å². The first-order valence-electron chi connectivity index (χ1n) is 7.81. The highest BCUT2D eigenvalue weighted by Crippen LogP contribution is 2.33. The maximum atomic E-state index is 12.9. The number of ether oxygens (including phenoxy) is 1. The molecular formula is C17H24N2O2. The van der Waals surface area contributed by atoms with Crippen LogP contribution in [0.15, 0.2) is 24.3 Å². The molecule has 3 rings (SSSR count). The molecule has 4 heteroatoms. The molecule has 2 aliphatic rings. The second kappa shape index (κ2) is 6.06. The van der Waals surface area contributed by atoms with Crippen LogP contribution in [0.4, 0.5) is 5.69 Å². The normalized spacial score (nSPS) is 22.3. The Hall–Kier alpha value is -1.55. The number of amides is 1. The molecular weight excluding hydrogens is 264 g/mol. The minimum absolute atomic E-state index is 0.149. The van der Waals surface area contributed by atoms with Crippen LogP contribution in [0.1, 0.15) is 19.3 Å². The first-order valence-corrected chi connectivity index (χ1v) is 7.81. The molecule has 0 radical (unpaired) electrons. The average molecular weight is 288 g/mol. The lowest BCUT2D eigenvalue weighted by Gasteiger charge is -2.26. The maximum Gasteiger partial charge on any atom is 0.231 e. The SMILES string of the molecule is COc1ccc(N(CC2CC2)C(=O)C2CCN(C)C2)cc1. The van der Waals surface area contributed by atoms with Gasteiger partial charge in [0, 0.05) is 18.8 Å². The second-order valence-electron chi connectivity index (χ2n) is 6.34. The highest BCUT2D eigenvalue weighted by Gasteiger charge is 2.33. The Kier molecular flexibility index (Phi) is 4.15. The third-order valence-electron chi connectivity index (χ3n) is 4.53. The third kappa shape index (κ3) is 3.38. The molecule has 1 saturated carbocycles. The lowest BCUT2D eigenvalue weighted by molar-refractivity contribution is -0.122. The van der Waals surface area contributed by atoms with Crippen LogP contribution in [0.5, 0.6) is 5.75 Å². The number of benzene rings is 1. The van der Waals surface area contributed by atoms with Gasteiger partial charge in [-0.25, -0.2) is 0 Å². The minimum Gasteiger partial charge on any atom is -0.497 e. The average Bonchev–Trinajstić information content (AvgIpc) is 3.23. The number of hydrogen-bond acceptors (Lipinski definition) is 3. The number of rotatable bonds is 5. The van der Waals surface area contributed by atoms with Gasteiger partial charge in [-0.15, -0.1) is 0 Å². The smallest absolute Gasteiger partial charge is 0.231 e. The molecule has 114 valence electrons. The Morgan fingerprint density at radius 2 is 2.00 bits per heavy atom. The fourth-order valence-corrected chi connectivity index (χ4v) is 3.00. The minimum atomic E-state index is 0.149. The van der Waals surface area contributed by atoms with Crippen LogP contribution >= 0.6 is 0 Å². The summed E-state index contributed by atoms with van der Waals surface area (Å²) in [7, 11) is 3.75. The topological polar surface area (TPSA) is 32.8 Å². The molecule has 0 N–H and O–H groups in total. The van der Waals surface area contributed by atoms with Crippen LogP contribution < -0.4 is 9.64 Å². The summed E-state index contributed by atoms with van der Waals surface area (Å²) in [4.78, 5) is 17.1. The van der Waals surface area contributed by atoms with E-state index in [0.717, 1.165) is 37.5 Å². The van der Waals surface area contributed by atoms with E-state index in [1.165, 1.54) is 12.8 Å². The number of carbonyl (C=O) groups excluding carboxylic acids is 1. The Morgan fingerprint density at radius 3 is 2.52 bits per heavy atom. The van der Waals surface area contributed by atoms with Gasteiger partial charge in [0.25, 0.3) is 0 Å². The molecule has 4 nitrogen and oxygen atoms in total. The molecule has 1 atom stereocenters. The molecule has 21 heavy (non-hydrogen) atoms. The van der Waals surface area contributed by atoms with Gasteiger partial charge >= 0.3 is 0 Å². The monoisotopic (exact) mass is 288 g/mol. The van der Waals surface area contributed by atoms with Crippen LogP contribution in [-0.2, 0) is 4.79 Å². The van der Waals surface area contributed by atoms with Crippen LogP contribution in [0.3, 0.4) is 0 Å². The van der Waals surface area contributed by atoms with Crippen molar-refractivity contribution in [2.24, 2.45) is 11.8 Å². The zero-order valence-electron chi connectivity index (χ0n) is 12.9. The highest BCUT2D eigenvalue weighted by atomic mass is 16.5. The van der Waals surface area contributed by atoms with Crippen molar-refractivity contribution < 1.29 is 9.53 Å². The van der Waals surface area contributed by atoms with E-state index in [1.54, 1.807) is 7.11 Å². The predicted octanol–water partition coefficient (Wildman–Crippen LogP) is 2.39. The standard InChI is InChI=1S/C17H24N2O2/c1-18-10-9-14(12-18)17(20)19(11-13-3-4-13)15-5-7-16(21-2)8-6-15/h5-8,13-14H,3-4,9-12H2,1-2H3. The molecule has 1 aromatic carbocycles. The van der Waals surface area contributed by atoms with E-state index in [-0.39, 0.29) is 11.8 Å². The zero-order chi connectivity index (χ0) is 14.8. The van der Waals surface area contributed by atoms with Gasteiger partial charge in [-0.2, -0.15) is 0 Å². The number of nitrogens with zero attached hydrogens (tertiary/aromatic N) is 2. The summed E-state index contributed by atoms with van der Waals surface area (Å²) in [5.41, 5.74) is 1.00. The number of hydrogen-bond donors (Lipinski definition) is 0. The Labute approximate surface area is 126 Å². The quantitative estimate of drug-likeness (QED) is 0.834. The van der Waals surface area contributed by atoms with Crippen molar-refractivity contribution in [3.8, 4) is 5.75 Å². The van der Waals surface area contributed by atoms with Crippen molar-refractivity contribution in [1.82, 2.24) is 4.90 Å². The van der Waals surface area contributed by atoms with Gasteiger partial charge in [0.05, 0.1) is 13.0 Å². The molecule has 1 amide bonds. The molecule has 1 aliphatic heterocycles. The van der Waals surface area contributed by atoms with E-state index in [1.807, 2.05) is 29.2 Å². The number of anilines is 1. The van der Waals surface area contributed by atoms with E-state index in [9.17, 15) is 4.79 Å². The maximum absolute atomic E-state index is 12.9. The van der Waals surface area contributed by atoms with E-state index in [0.29, 0.717) is 5.92 Å². The Balaban J connectivity index is 1.77. The van der Waals surface area contributed by atoms with E-state index in [4.69, 9.17) is 4.74 Å². The van der Waals surface area contributed by atoms with Crippen molar-refractivity contribution in [2.75, 3.05) is 38.7 Å². The summed E-state index contributed by atoms with van der Waals surface area (Å²) in [5.74, 6) is 1.96. The summed E-state index contributed by atoms with van der Waals surface area (Å²) >= 11 is 0. The first-order chi connectivity index (χ1) is 10.2. The van der Waals surface area contributed by atoms with Crippen molar-refractivity contribution in [1.29, 1.82) is 0 Å². The molecule has 1 aliphatic carbocycles. The van der Waals surface area contributed by atoms with Crippen LogP contribution in [-0.4, -0.2) is 44.6 Å². The highest BCUT2D eigenvalue weighted by molar-refractivity contribution is 5.95. The van der Waals surface area contributed by atoms with Gasteiger partial charge in [0.2, 0.25) is 5.91 Å². The predicted molar refractivity (Wildman–Crippen MR) is 83.7 cm³/mol. The molecule has 2 fully saturated rings. The van der Waals surface area contributed by atoms with Gasteiger partial charge in [-0.3, -0.25) is 4.79 Å². The number of methoxy groups -OCH3 is 1. The van der Waals surface area contributed by atoms with E-state index in [2.05, 4.69) is 11.9 Å². The lowest BCUT2D eigenvalue weighted by Crippen LogP contribution is -2.38. The summed E-state index contributed by atoms with van der Waals surface area (Å²) in [5, 5.41) is 0. The van der Waals surface area contributed by atoms with E-state index >= 15 is 0 Å². The molecule has 1 heterocycles. The molecule has 0 bridgehead atoms. The second-order valence-corrected chi connectivity index (χ2v) is 6.34. The van der Waals surface area contributed by atoms with Gasteiger partial charge in [0.1, 0.15) is 5.75 Å². The zero-order valence-corrected chi connectivity index (χ0v) is 12.9. The largest absolute Gasteiger partial charge is 0.497 e. The van der Waals surface area contributed by atoms with Crippen molar-refractivity contribution in [3.05, 3.63) is 24.3 Å². The van der Waals surface area contributed by atoms with Crippen LogP contribution in [0.2, 0.25) is 0 Å². The van der Waals surface area contributed by atoms with E-state index < -0.39 is 0 Å². The van der Waals surface area contributed by atoms with Crippen molar-refractivity contribution >= 4 is 11.6 Å². The summed E-state index contributed by atoms with van der Waals surface area (Å²) in [6, 6.07) is 7.86. The summed E-state index contributed by atoms with van der Waals surface area (Å²) < 4.78 is 5.21. The summed E-state index contributed by atoms with van der Waals surface area (Å²) in [6.07, 6.45) is 3.49. The van der Waals surface area contributed by atoms with Gasteiger partial charge in [-0.1, -0.05) is 0 Å². The van der Waals surface area contributed by atoms with Gasteiger partial charge in [-0.05, 0) is 63.0 Å². The number of likely N-dealkylation sites (tertiary alicyclic amines) is 1. The Morgan fingerprint density at radius 1 is 1.29 bits per heavy atom. The summed E-state index contributed by atoms with van der Waals surface area (Å²) in [6.45, 7) is 2.78. The van der Waals surface area contributed by atoms with Crippen LogP contribution in [0.25, 0.3) is 0 Å². The van der Waals surface area contributed by atoms with Crippen LogP contribution in [0, 0.1) is 11.8 Å². The molecule has 1 aromatic rings. The third-order valence-corrected chi connectivity index (χ3v) is 4.53. The van der Waals surface area contributed by atoms with Gasteiger partial charge < -0.3 is 14.5 Å². The fraction of sp³-hybridized carbons (Fsp3) is 0.588.